The number of carbonyl (C=O) groups is 1. The van der Waals surface area contributed by atoms with Gasteiger partial charge >= 0.3 is 0 Å². The molecule has 4 heterocycles. The van der Waals surface area contributed by atoms with Gasteiger partial charge in [0.1, 0.15) is 5.82 Å². The minimum absolute atomic E-state index is 0.0665. The second-order valence-electron chi connectivity index (χ2n) is 6.59. The zero-order chi connectivity index (χ0) is 16.7. The molecule has 0 aliphatic carbocycles. The molecule has 0 N–H and O–H groups in total. The fourth-order valence-corrected chi connectivity index (χ4v) is 4.12. The lowest BCUT2D eigenvalue weighted by atomic mass is 9.97. The summed E-state index contributed by atoms with van der Waals surface area (Å²) in [5, 5.41) is 2.12. The van der Waals surface area contributed by atoms with E-state index >= 15 is 0 Å². The monoisotopic (exact) mass is 343 g/mol. The molecule has 0 aromatic carbocycles. The van der Waals surface area contributed by atoms with E-state index in [1.165, 1.54) is 10.4 Å². The molecule has 2 aromatic rings. The Kier molecular flexibility index (Phi) is 3.88. The molecule has 1 saturated heterocycles. The molecule has 0 bridgehead atoms. The van der Waals surface area contributed by atoms with E-state index in [4.69, 9.17) is 0 Å². The SMILES string of the molecule is CN(C)c1ccnc(N2CC(C(=O)N3CCc4sccc4C3)C2)n1. The van der Waals surface area contributed by atoms with Crippen molar-refractivity contribution in [2.45, 2.75) is 13.0 Å². The average molecular weight is 343 g/mol. The van der Waals surface area contributed by atoms with Crippen molar-refractivity contribution in [1.29, 1.82) is 0 Å². The highest BCUT2D eigenvalue weighted by Crippen LogP contribution is 2.28. The predicted octanol–water partition coefficient (Wildman–Crippen LogP) is 1.63. The molecule has 0 spiro atoms. The van der Waals surface area contributed by atoms with Crippen molar-refractivity contribution in [2.24, 2.45) is 5.92 Å². The lowest BCUT2D eigenvalue weighted by Crippen LogP contribution is -2.55. The van der Waals surface area contributed by atoms with Gasteiger partial charge in [-0.3, -0.25) is 4.79 Å². The van der Waals surface area contributed by atoms with Crippen LogP contribution in [0.2, 0.25) is 0 Å². The minimum atomic E-state index is 0.0665. The van der Waals surface area contributed by atoms with E-state index in [2.05, 4.69) is 26.3 Å². The van der Waals surface area contributed by atoms with Crippen LogP contribution >= 0.6 is 11.3 Å². The van der Waals surface area contributed by atoms with Crippen LogP contribution in [0.3, 0.4) is 0 Å². The summed E-state index contributed by atoms with van der Waals surface area (Å²) < 4.78 is 0. The zero-order valence-corrected chi connectivity index (χ0v) is 14.8. The summed E-state index contributed by atoms with van der Waals surface area (Å²) in [5.74, 6) is 1.93. The zero-order valence-electron chi connectivity index (χ0n) is 14.0. The first-order chi connectivity index (χ1) is 11.6. The summed E-state index contributed by atoms with van der Waals surface area (Å²) in [5.41, 5.74) is 1.32. The van der Waals surface area contributed by atoms with E-state index in [-0.39, 0.29) is 11.8 Å². The van der Waals surface area contributed by atoms with Gasteiger partial charge in [0.25, 0.3) is 0 Å². The molecule has 2 aliphatic rings. The third-order valence-corrected chi connectivity index (χ3v) is 5.74. The van der Waals surface area contributed by atoms with E-state index in [0.717, 1.165) is 25.3 Å². The minimum Gasteiger partial charge on any atom is -0.363 e. The number of nitrogens with zero attached hydrogens (tertiary/aromatic N) is 5. The Hall–Kier alpha value is -2.15. The van der Waals surface area contributed by atoms with E-state index < -0.39 is 0 Å². The van der Waals surface area contributed by atoms with Crippen LogP contribution in [-0.2, 0) is 17.8 Å². The van der Waals surface area contributed by atoms with Crippen molar-refractivity contribution in [3.8, 4) is 0 Å². The number of anilines is 2. The molecule has 6 nitrogen and oxygen atoms in total. The Balaban J connectivity index is 1.37. The van der Waals surface area contributed by atoms with Gasteiger partial charge in [-0.25, -0.2) is 4.98 Å². The van der Waals surface area contributed by atoms with Gasteiger partial charge in [0.15, 0.2) is 0 Å². The largest absolute Gasteiger partial charge is 0.363 e. The molecule has 2 aromatic heterocycles. The number of carbonyl (C=O) groups excluding carboxylic acids is 1. The van der Waals surface area contributed by atoms with Gasteiger partial charge in [-0.15, -0.1) is 11.3 Å². The fraction of sp³-hybridized carbons (Fsp3) is 0.471. The Bertz CT molecular complexity index is 753. The quantitative estimate of drug-likeness (QED) is 0.848. The van der Waals surface area contributed by atoms with Crippen LogP contribution < -0.4 is 9.80 Å². The van der Waals surface area contributed by atoms with Crippen LogP contribution in [0, 0.1) is 5.92 Å². The molecule has 0 unspecified atom stereocenters. The van der Waals surface area contributed by atoms with Crippen LogP contribution in [0.4, 0.5) is 11.8 Å². The summed E-state index contributed by atoms with van der Waals surface area (Å²) >= 11 is 1.80. The fourth-order valence-electron chi connectivity index (χ4n) is 3.23. The molecule has 1 amide bonds. The summed E-state index contributed by atoms with van der Waals surface area (Å²) in [6.07, 6.45) is 2.76. The molecule has 1 fully saturated rings. The molecule has 0 atom stereocenters. The Morgan fingerprint density at radius 3 is 2.96 bits per heavy atom. The predicted molar refractivity (Wildman–Crippen MR) is 95.5 cm³/mol. The van der Waals surface area contributed by atoms with Gasteiger partial charge in [-0.2, -0.15) is 4.98 Å². The Morgan fingerprint density at radius 2 is 2.17 bits per heavy atom. The first-order valence-electron chi connectivity index (χ1n) is 8.21. The first kappa shape index (κ1) is 15.4. The van der Waals surface area contributed by atoms with Crippen LogP contribution in [0.15, 0.2) is 23.7 Å². The van der Waals surface area contributed by atoms with Crippen molar-refractivity contribution >= 4 is 29.0 Å². The van der Waals surface area contributed by atoms with Gasteiger partial charge in [-0.05, 0) is 29.5 Å². The van der Waals surface area contributed by atoms with Crippen molar-refractivity contribution in [2.75, 3.05) is 43.5 Å². The molecule has 126 valence electrons. The maximum atomic E-state index is 12.7. The number of rotatable bonds is 3. The molecule has 4 rings (SSSR count). The van der Waals surface area contributed by atoms with Crippen molar-refractivity contribution < 1.29 is 4.79 Å². The average Bonchev–Trinajstić information content (AvgIpc) is 3.01. The lowest BCUT2D eigenvalue weighted by molar-refractivity contribution is -0.137. The molecule has 24 heavy (non-hydrogen) atoms. The Labute approximate surface area is 145 Å². The molecule has 0 saturated carbocycles. The number of hydrogen-bond acceptors (Lipinski definition) is 6. The van der Waals surface area contributed by atoms with Crippen LogP contribution in [0.5, 0.6) is 0 Å². The topological polar surface area (TPSA) is 52.6 Å². The Morgan fingerprint density at radius 1 is 1.33 bits per heavy atom. The number of hydrogen-bond donors (Lipinski definition) is 0. The van der Waals surface area contributed by atoms with Crippen molar-refractivity contribution in [1.82, 2.24) is 14.9 Å². The number of amides is 1. The highest BCUT2D eigenvalue weighted by molar-refractivity contribution is 7.10. The van der Waals surface area contributed by atoms with Crippen molar-refractivity contribution in [3.05, 3.63) is 34.2 Å². The van der Waals surface area contributed by atoms with E-state index in [9.17, 15) is 4.79 Å². The molecular formula is C17H21N5OS. The van der Waals surface area contributed by atoms with Crippen molar-refractivity contribution in [3.63, 3.8) is 0 Å². The van der Waals surface area contributed by atoms with Crippen LogP contribution in [-0.4, -0.2) is 54.5 Å². The second-order valence-corrected chi connectivity index (χ2v) is 7.59. The number of aromatic nitrogens is 2. The highest BCUT2D eigenvalue weighted by Gasteiger charge is 2.37. The maximum absolute atomic E-state index is 12.7. The maximum Gasteiger partial charge on any atom is 0.229 e. The smallest absolute Gasteiger partial charge is 0.229 e. The van der Waals surface area contributed by atoms with Gasteiger partial charge in [0.05, 0.1) is 5.92 Å². The lowest BCUT2D eigenvalue weighted by Gasteiger charge is -2.41. The number of thiophene rings is 1. The third kappa shape index (κ3) is 2.73. The van der Waals surface area contributed by atoms with E-state index in [1.54, 1.807) is 17.5 Å². The van der Waals surface area contributed by atoms with Gasteiger partial charge in [0, 0.05) is 51.3 Å². The first-order valence-corrected chi connectivity index (χ1v) is 9.09. The van der Waals surface area contributed by atoms with Gasteiger partial charge in [-0.1, -0.05) is 0 Å². The highest BCUT2D eigenvalue weighted by atomic mass is 32.1. The van der Waals surface area contributed by atoms with Crippen LogP contribution in [0.1, 0.15) is 10.4 Å². The molecule has 7 heteroatoms. The second kappa shape index (κ2) is 6.05. The van der Waals surface area contributed by atoms with Gasteiger partial charge < -0.3 is 14.7 Å². The van der Waals surface area contributed by atoms with Crippen LogP contribution in [0.25, 0.3) is 0 Å². The summed E-state index contributed by atoms with van der Waals surface area (Å²) in [4.78, 5) is 29.1. The summed E-state index contributed by atoms with van der Waals surface area (Å²) in [6.45, 7) is 3.03. The molecule has 0 radical (unpaired) electrons. The summed E-state index contributed by atoms with van der Waals surface area (Å²) in [7, 11) is 3.92. The summed E-state index contributed by atoms with van der Waals surface area (Å²) in [6, 6.07) is 4.03. The third-order valence-electron chi connectivity index (χ3n) is 4.72. The standard InChI is InChI=1S/C17H21N5OS/c1-20(2)15-3-6-18-17(19-15)22-10-13(11-22)16(23)21-7-4-14-12(9-21)5-8-24-14/h3,5-6,8,13H,4,7,9-11H2,1-2H3. The normalized spacial score (nSPS) is 17.4. The van der Waals surface area contributed by atoms with E-state index in [0.29, 0.717) is 19.0 Å². The van der Waals surface area contributed by atoms with E-state index in [1.807, 2.05) is 30.0 Å². The number of fused-ring (bicyclic) bond motifs is 1. The molecular weight excluding hydrogens is 322 g/mol. The van der Waals surface area contributed by atoms with Gasteiger partial charge in [0.2, 0.25) is 11.9 Å². The molecule has 2 aliphatic heterocycles.